The van der Waals surface area contributed by atoms with E-state index >= 15 is 0 Å². The molecule has 1 aromatic heterocycles. The molecule has 0 spiro atoms. The highest BCUT2D eigenvalue weighted by Crippen LogP contribution is 2.43. The molecule has 2 aromatic rings. The van der Waals surface area contributed by atoms with Crippen LogP contribution in [0.1, 0.15) is 50.8 Å². The summed E-state index contributed by atoms with van der Waals surface area (Å²) in [5.74, 6) is 1.00. The zero-order valence-electron chi connectivity index (χ0n) is 13.3. The van der Waals surface area contributed by atoms with Gasteiger partial charge in [-0.25, -0.2) is 0 Å². The molecule has 1 aliphatic heterocycles. The number of benzene rings is 1. The van der Waals surface area contributed by atoms with Crippen LogP contribution < -0.4 is 0 Å². The molecule has 0 bridgehead atoms. The van der Waals surface area contributed by atoms with Gasteiger partial charge in [0, 0.05) is 5.02 Å². The van der Waals surface area contributed by atoms with Crippen molar-refractivity contribution in [3.8, 4) is 5.69 Å². The molecule has 1 aromatic carbocycles. The molecule has 1 aliphatic carbocycles. The van der Waals surface area contributed by atoms with Crippen molar-refractivity contribution in [2.45, 2.75) is 50.5 Å². The summed E-state index contributed by atoms with van der Waals surface area (Å²) in [6.45, 7) is 2.32. The first-order valence-corrected chi connectivity index (χ1v) is 8.97. The second-order valence-corrected chi connectivity index (χ2v) is 7.11. The van der Waals surface area contributed by atoms with Crippen molar-refractivity contribution in [1.29, 1.82) is 0 Å². The maximum atomic E-state index is 6.02. The quantitative estimate of drug-likeness (QED) is 0.862. The molecule has 1 saturated heterocycles. The van der Waals surface area contributed by atoms with E-state index in [1.807, 2.05) is 28.9 Å². The fourth-order valence-corrected chi connectivity index (χ4v) is 4.32. The minimum atomic E-state index is -0.00210. The first-order valence-electron chi connectivity index (χ1n) is 8.59. The predicted molar refractivity (Wildman–Crippen MR) is 89.7 cm³/mol. The van der Waals surface area contributed by atoms with Gasteiger partial charge in [0.15, 0.2) is 5.82 Å². The molecular formula is C17H22ClN5. The number of tetrazole rings is 1. The molecule has 2 heterocycles. The van der Waals surface area contributed by atoms with E-state index in [1.165, 1.54) is 32.1 Å². The molecule has 1 saturated carbocycles. The SMILES string of the molecule is Clc1ccc(-n2nnnc2C2(N3CCCC3)CCCCC2)cc1. The Labute approximate surface area is 141 Å². The van der Waals surface area contributed by atoms with Crippen LogP contribution >= 0.6 is 11.6 Å². The van der Waals surface area contributed by atoms with E-state index in [0.29, 0.717) is 0 Å². The summed E-state index contributed by atoms with van der Waals surface area (Å²) in [5, 5.41) is 13.5. The van der Waals surface area contributed by atoms with Gasteiger partial charge in [-0.2, -0.15) is 4.68 Å². The third-order valence-electron chi connectivity index (χ3n) is 5.35. The largest absolute Gasteiger partial charge is 0.291 e. The van der Waals surface area contributed by atoms with Crippen molar-refractivity contribution in [2.75, 3.05) is 13.1 Å². The van der Waals surface area contributed by atoms with E-state index in [-0.39, 0.29) is 5.54 Å². The highest BCUT2D eigenvalue weighted by molar-refractivity contribution is 6.30. The Kier molecular flexibility index (Phi) is 4.07. The maximum Gasteiger partial charge on any atom is 0.176 e. The van der Waals surface area contributed by atoms with E-state index in [0.717, 1.165) is 42.5 Å². The molecule has 6 heteroatoms. The lowest BCUT2D eigenvalue weighted by Gasteiger charge is -2.43. The third kappa shape index (κ3) is 2.66. The third-order valence-corrected chi connectivity index (χ3v) is 5.60. The van der Waals surface area contributed by atoms with Crippen LogP contribution in [0.25, 0.3) is 5.69 Å². The van der Waals surface area contributed by atoms with E-state index in [9.17, 15) is 0 Å². The van der Waals surface area contributed by atoms with E-state index in [1.54, 1.807) is 0 Å². The molecule has 2 fully saturated rings. The van der Waals surface area contributed by atoms with Crippen LogP contribution in [0.15, 0.2) is 24.3 Å². The number of halogens is 1. The average Bonchev–Trinajstić information content (AvgIpc) is 3.28. The molecule has 2 aliphatic rings. The van der Waals surface area contributed by atoms with Crippen molar-refractivity contribution in [3.63, 3.8) is 0 Å². The summed E-state index contributed by atoms with van der Waals surface area (Å²) in [6.07, 6.45) is 8.70. The van der Waals surface area contributed by atoms with E-state index < -0.39 is 0 Å². The fraction of sp³-hybridized carbons (Fsp3) is 0.588. The summed E-state index contributed by atoms with van der Waals surface area (Å²) in [6, 6.07) is 7.77. The normalized spacial score (nSPS) is 21.6. The van der Waals surface area contributed by atoms with Crippen molar-refractivity contribution < 1.29 is 0 Å². The zero-order chi connectivity index (χ0) is 15.7. The predicted octanol–water partition coefficient (Wildman–Crippen LogP) is 3.57. The molecule has 122 valence electrons. The summed E-state index contributed by atoms with van der Waals surface area (Å²) < 4.78 is 1.92. The summed E-state index contributed by atoms with van der Waals surface area (Å²) in [7, 11) is 0. The lowest BCUT2D eigenvalue weighted by atomic mass is 9.79. The number of aromatic nitrogens is 4. The van der Waals surface area contributed by atoms with Gasteiger partial charge < -0.3 is 0 Å². The highest BCUT2D eigenvalue weighted by atomic mass is 35.5. The number of rotatable bonds is 3. The first-order chi connectivity index (χ1) is 11.3. The molecule has 0 N–H and O–H groups in total. The Bertz CT molecular complexity index is 654. The molecule has 0 amide bonds. The van der Waals surface area contributed by atoms with Crippen LogP contribution in [0, 0.1) is 0 Å². The smallest absolute Gasteiger partial charge is 0.176 e. The molecule has 4 rings (SSSR count). The molecule has 0 atom stereocenters. The Morgan fingerprint density at radius 1 is 0.913 bits per heavy atom. The Hall–Kier alpha value is -1.46. The van der Waals surface area contributed by atoms with Gasteiger partial charge in [-0.3, -0.25) is 4.90 Å². The van der Waals surface area contributed by atoms with Gasteiger partial charge in [0.1, 0.15) is 0 Å². The van der Waals surface area contributed by atoms with Crippen molar-refractivity contribution in [3.05, 3.63) is 35.1 Å². The van der Waals surface area contributed by atoms with Gasteiger partial charge in [-0.05, 0) is 73.5 Å². The first kappa shape index (κ1) is 15.1. The summed E-state index contributed by atoms with van der Waals surface area (Å²) >= 11 is 6.02. The molecular weight excluding hydrogens is 310 g/mol. The van der Waals surface area contributed by atoms with Crippen LogP contribution in [-0.2, 0) is 5.54 Å². The van der Waals surface area contributed by atoms with Crippen molar-refractivity contribution in [2.24, 2.45) is 0 Å². The molecule has 0 unspecified atom stereocenters. The van der Waals surface area contributed by atoms with Gasteiger partial charge >= 0.3 is 0 Å². The van der Waals surface area contributed by atoms with Crippen molar-refractivity contribution >= 4 is 11.6 Å². The monoisotopic (exact) mass is 331 g/mol. The molecule has 23 heavy (non-hydrogen) atoms. The second kappa shape index (κ2) is 6.21. The van der Waals surface area contributed by atoms with Gasteiger partial charge in [0.25, 0.3) is 0 Å². The van der Waals surface area contributed by atoms with Crippen LogP contribution in [0.5, 0.6) is 0 Å². The Morgan fingerprint density at radius 3 is 2.30 bits per heavy atom. The topological polar surface area (TPSA) is 46.8 Å². The highest BCUT2D eigenvalue weighted by Gasteiger charge is 2.44. The minimum absolute atomic E-state index is 0.00210. The van der Waals surface area contributed by atoms with Gasteiger partial charge in [0.2, 0.25) is 0 Å². The summed E-state index contributed by atoms with van der Waals surface area (Å²) in [4.78, 5) is 2.63. The van der Waals surface area contributed by atoms with E-state index in [2.05, 4.69) is 20.4 Å². The Balaban J connectivity index is 1.78. The lowest BCUT2D eigenvalue weighted by Crippen LogP contribution is -2.47. The van der Waals surface area contributed by atoms with Crippen LogP contribution in [0.3, 0.4) is 0 Å². The van der Waals surface area contributed by atoms with Gasteiger partial charge in [0.05, 0.1) is 11.2 Å². The van der Waals surface area contributed by atoms with Crippen LogP contribution in [0.4, 0.5) is 0 Å². The van der Waals surface area contributed by atoms with Gasteiger partial charge in [-0.15, -0.1) is 5.10 Å². The van der Waals surface area contributed by atoms with Crippen molar-refractivity contribution in [1.82, 2.24) is 25.1 Å². The standard InChI is InChI=1S/C17H22ClN5/c18-14-6-8-15(9-7-14)23-16(19-20-21-23)17(10-2-1-3-11-17)22-12-4-5-13-22/h6-9H,1-5,10-13H2. The summed E-state index contributed by atoms with van der Waals surface area (Å²) in [5.41, 5.74) is 0.983. The lowest BCUT2D eigenvalue weighted by molar-refractivity contribution is 0.0595. The Morgan fingerprint density at radius 2 is 1.61 bits per heavy atom. The molecule has 0 radical (unpaired) electrons. The number of hydrogen-bond donors (Lipinski definition) is 0. The number of nitrogens with zero attached hydrogens (tertiary/aromatic N) is 5. The number of hydrogen-bond acceptors (Lipinski definition) is 4. The zero-order valence-corrected chi connectivity index (χ0v) is 14.0. The van der Waals surface area contributed by atoms with Crippen LogP contribution in [-0.4, -0.2) is 38.2 Å². The second-order valence-electron chi connectivity index (χ2n) is 6.68. The van der Waals surface area contributed by atoms with Gasteiger partial charge in [-0.1, -0.05) is 30.9 Å². The van der Waals surface area contributed by atoms with Crippen LogP contribution in [0.2, 0.25) is 5.02 Å². The minimum Gasteiger partial charge on any atom is -0.291 e. The molecule has 5 nitrogen and oxygen atoms in total. The average molecular weight is 332 g/mol. The maximum absolute atomic E-state index is 6.02. The van der Waals surface area contributed by atoms with E-state index in [4.69, 9.17) is 11.6 Å². The number of likely N-dealkylation sites (tertiary alicyclic amines) is 1. The fourth-order valence-electron chi connectivity index (χ4n) is 4.20.